The summed E-state index contributed by atoms with van der Waals surface area (Å²) in [5.41, 5.74) is 0.721. The van der Waals surface area contributed by atoms with E-state index in [4.69, 9.17) is 11.6 Å². The standard InChI is InChI=1S/C7H6ClN3S2/c1-12-2-4-11-5-6(8)9-3-10-7(5)13-4/h3H,2H2,1H3. The summed E-state index contributed by atoms with van der Waals surface area (Å²) in [7, 11) is 0. The molecule has 0 aliphatic rings. The number of thioether (sulfide) groups is 1. The average Bonchev–Trinajstić information content (AvgIpc) is 2.49. The zero-order chi connectivity index (χ0) is 9.26. The molecule has 0 spiro atoms. The van der Waals surface area contributed by atoms with Crippen molar-refractivity contribution in [2.24, 2.45) is 0 Å². The monoisotopic (exact) mass is 231 g/mol. The van der Waals surface area contributed by atoms with E-state index in [1.54, 1.807) is 23.1 Å². The predicted octanol–water partition coefficient (Wildman–Crippen LogP) is 2.60. The quantitative estimate of drug-likeness (QED) is 0.745. The van der Waals surface area contributed by atoms with E-state index in [9.17, 15) is 0 Å². The first-order valence-electron chi connectivity index (χ1n) is 3.56. The van der Waals surface area contributed by atoms with Crippen LogP contribution in [0.15, 0.2) is 6.33 Å². The number of fused-ring (bicyclic) bond motifs is 1. The second-order valence-electron chi connectivity index (χ2n) is 2.36. The highest BCUT2D eigenvalue weighted by Gasteiger charge is 2.07. The third kappa shape index (κ3) is 1.77. The van der Waals surface area contributed by atoms with E-state index in [2.05, 4.69) is 15.0 Å². The van der Waals surface area contributed by atoms with Gasteiger partial charge in [0.25, 0.3) is 0 Å². The van der Waals surface area contributed by atoms with Crippen LogP contribution in [0.1, 0.15) is 5.01 Å². The molecular weight excluding hydrogens is 226 g/mol. The van der Waals surface area contributed by atoms with Crippen molar-refractivity contribution in [2.45, 2.75) is 5.75 Å². The van der Waals surface area contributed by atoms with Gasteiger partial charge in [-0.2, -0.15) is 11.8 Å². The van der Waals surface area contributed by atoms with Crippen LogP contribution in [0.3, 0.4) is 0 Å². The number of hydrogen-bond acceptors (Lipinski definition) is 5. The summed E-state index contributed by atoms with van der Waals surface area (Å²) < 4.78 is 0. The van der Waals surface area contributed by atoms with Gasteiger partial charge in [0.2, 0.25) is 0 Å². The minimum absolute atomic E-state index is 0.439. The molecule has 2 aromatic rings. The van der Waals surface area contributed by atoms with E-state index in [1.807, 2.05) is 6.26 Å². The fourth-order valence-corrected chi connectivity index (χ4v) is 2.79. The highest BCUT2D eigenvalue weighted by atomic mass is 35.5. The van der Waals surface area contributed by atoms with Gasteiger partial charge in [-0.15, -0.1) is 0 Å². The maximum Gasteiger partial charge on any atom is 0.159 e. The molecule has 0 unspecified atom stereocenters. The van der Waals surface area contributed by atoms with Gasteiger partial charge in [-0.05, 0) is 6.26 Å². The second-order valence-corrected chi connectivity index (χ2v) is 4.64. The molecule has 2 heterocycles. The molecule has 0 aliphatic heterocycles. The van der Waals surface area contributed by atoms with Crippen LogP contribution in [0, 0.1) is 0 Å². The Morgan fingerprint density at radius 1 is 1.54 bits per heavy atom. The number of rotatable bonds is 2. The Hall–Kier alpha value is -0.390. The largest absolute Gasteiger partial charge is 0.235 e. The van der Waals surface area contributed by atoms with Crippen LogP contribution in [-0.4, -0.2) is 21.2 Å². The molecule has 2 aromatic heterocycles. The number of halogens is 1. The summed E-state index contributed by atoms with van der Waals surface area (Å²) in [5.74, 6) is 0.900. The Kier molecular flexibility index (Phi) is 2.66. The van der Waals surface area contributed by atoms with Gasteiger partial charge in [0.1, 0.15) is 21.7 Å². The molecule has 0 amide bonds. The molecule has 0 saturated heterocycles. The lowest BCUT2D eigenvalue weighted by Crippen LogP contribution is -1.80. The molecule has 2 rings (SSSR count). The first-order chi connectivity index (χ1) is 6.31. The molecule has 0 aliphatic carbocycles. The fourth-order valence-electron chi connectivity index (χ4n) is 0.955. The lowest BCUT2D eigenvalue weighted by molar-refractivity contribution is 1.21. The van der Waals surface area contributed by atoms with Crippen LogP contribution in [0.2, 0.25) is 5.15 Å². The van der Waals surface area contributed by atoms with E-state index in [0.717, 1.165) is 21.1 Å². The number of nitrogens with zero attached hydrogens (tertiary/aromatic N) is 3. The molecule has 0 saturated carbocycles. The van der Waals surface area contributed by atoms with Crippen molar-refractivity contribution in [1.82, 2.24) is 15.0 Å². The number of aromatic nitrogens is 3. The molecule has 0 radical (unpaired) electrons. The number of thiazole rings is 1. The lowest BCUT2D eigenvalue weighted by Gasteiger charge is -1.87. The van der Waals surface area contributed by atoms with Gasteiger partial charge in [0, 0.05) is 5.75 Å². The molecule has 13 heavy (non-hydrogen) atoms. The van der Waals surface area contributed by atoms with Crippen molar-refractivity contribution in [3.63, 3.8) is 0 Å². The SMILES string of the molecule is CSCc1nc2c(Cl)ncnc2s1. The van der Waals surface area contributed by atoms with Crippen LogP contribution in [-0.2, 0) is 5.75 Å². The fraction of sp³-hybridized carbons (Fsp3) is 0.286. The molecule has 0 aromatic carbocycles. The number of hydrogen-bond donors (Lipinski definition) is 0. The molecule has 0 N–H and O–H groups in total. The Labute approximate surface area is 88.6 Å². The molecular formula is C7H6ClN3S2. The van der Waals surface area contributed by atoms with E-state index in [-0.39, 0.29) is 0 Å². The smallest absolute Gasteiger partial charge is 0.159 e. The Morgan fingerprint density at radius 2 is 2.38 bits per heavy atom. The van der Waals surface area contributed by atoms with Crippen LogP contribution < -0.4 is 0 Å². The van der Waals surface area contributed by atoms with Crippen LogP contribution >= 0.6 is 34.7 Å². The first-order valence-corrected chi connectivity index (χ1v) is 6.15. The summed E-state index contributed by atoms with van der Waals surface area (Å²) in [5, 5.41) is 1.48. The van der Waals surface area contributed by atoms with Crippen LogP contribution in [0.25, 0.3) is 10.3 Å². The van der Waals surface area contributed by atoms with Gasteiger partial charge >= 0.3 is 0 Å². The van der Waals surface area contributed by atoms with E-state index < -0.39 is 0 Å². The maximum atomic E-state index is 5.86. The summed E-state index contributed by atoms with van der Waals surface area (Å²) in [6.45, 7) is 0. The Balaban J connectivity index is 2.55. The summed E-state index contributed by atoms with van der Waals surface area (Å²) >= 11 is 9.16. The summed E-state index contributed by atoms with van der Waals surface area (Å²) in [4.78, 5) is 13.2. The van der Waals surface area contributed by atoms with Gasteiger partial charge in [-0.1, -0.05) is 22.9 Å². The predicted molar refractivity (Wildman–Crippen MR) is 57.4 cm³/mol. The van der Waals surface area contributed by atoms with Crippen molar-refractivity contribution < 1.29 is 0 Å². The van der Waals surface area contributed by atoms with Gasteiger partial charge in [0.05, 0.1) is 0 Å². The van der Waals surface area contributed by atoms with Gasteiger partial charge in [0.15, 0.2) is 5.15 Å². The molecule has 0 fully saturated rings. The van der Waals surface area contributed by atoms with Crippen LogP contribution in [0.5, 0.6) is 0 Å². The van der Waals surface area contributed by atoms with E-state index in [1.165, 1.54) is 6.33 Å². The molecule has 0 atom stereocenters. The molecule has 68 valence electrons. The van der Waals surface area contributed by atoms with E-state index >= 15 is 0 Å². The Morgan fingerprint density at radius 3 is 3.08 bits per heavy atom. The third-order valence-electron chi connectivity index (χ3n) is 1.46. The first kappa shape index (κ1) is 9.18. The van der Waals surface area contributed by atoms with Gasteiger partial charge < -0.3 is 0 Å². The van der Waals surface area contributed by atoms with Crippen LogP contribution in [0.4, 0.5) is 0 Å². The van der Waals surface area contributed by atoms with Crippen molar-refractivity contribution in [1.29, 1.82) is 0 Å². The highest BCUT2D eigenvalue weighted by Crippen LogP contribution is 2.25. The second kappa shape index (κ2) is 3.77. The maximum absolute atomic E-state index is 5.86. The minimum Gasteiger partial charge on any atom is -0.235 e. The van der Waals surface area contributed by atoms with Crippen molar-refractivity contribution in [3.05, 3.63) is 16.5 Å². The average molecular weight is 232 g/mol. The van der Waals surface area contributed by atoms with E-state index in [0.29, 0.717) is 5.15 Å². The molecule has 6 heteroatoms. The lowest BCUT2D eigenvalue weighted by atomic mass is 10.6. The third-order valence-corrected chi connectivity index (χ3v) is 3.45. The Bertz CT molecular complexity index is 429. The van der Waals surface area contributed by atoms with Gasteiger partial charge in [-0.3, -0.25) is 0 Å². The summed E-state index contributed by atoms with van der Waals surface area (Å²) in [6, 6.07) is 0. The molecule has 0 bridgehead atoms. The minimum atomic E-state index is 0.439. The van der Waals surface area contributed by atoms with Crippen molar-refractivity contribution in [2.75, 3.05) is 6.26 Å². The highest BCUT2D eigenvalue weighted by molar-refractivity contribution is 7.97. The molecule has 3 nitrogen and oxygen atoms in total. The zero-order valence-corrected chi connectivity index (χ0v) is 9.21. The zero-order valence-electron chi connectivity index (χ0n) is 6.82. The van der Waals surface area contributed by atoms with Gasteiger partial charge in [-0.25, -0.2) is 15.0 Å². The topological polar surface area (TPSA) is 38.7 Å². The van der Waals surface area contributed by atoms with Crippen molar-refractivity contribution in [3.8, 4) is 0 Å². The summed E-state index contributed by atoms with van der Waals surface area (Å²) in [6.07, 6.45) is 3.51. The normalized spacial score (nSPS) is 10.9. The van der Waals surface area contributed by atoms with Crippen molar-refractivity contribution >= 4 is 45.0 Å².